The van der Waals surface area contributed by atoms with Crippen molar-refractivity contribution in [1.29, 1.82) is 0 Å². The maximum absolute atomic E-state index is 13.7. The zero-order valence-electron chi connectivity index (χ0n) is 22.4. The first-order valence-electron chi connectivity index (χ1n) is 13.6. The van der Waals surface area contributed by atoms with Crippen LogP contribution < -0.4 is 0 Å². The Kier molecular flexibility index (Phi) is 10.5. The normalized spacial score (nSPS) is 13.8. The van der Waals surface area contributed by atoms with Gasteiger partial charge >= 0.3 is 0 Å². The van der Waals surface area contributed by atoms with Crippen molar-refractivity contribution < 1.29 is 18.7 Å². The molecule has 202 valence electrons. The fourth-order valence-electron chi connectivity index (χ4n) is 4.71. The summed E-state index contributed by atoms with van der Waals surface area (Å²) in [5.41, 5.74) is 2.16. The minimum Gasteiger partial charge on any atom is -0.464 e. The molecule has 1 aliphatic rings. The van der Waals surface area contributed by atoms with Crippen molar-refractivity contribution in [3.63, 3.8) is 0 Å². The molecule has 2 amide bonds. The van der Waals surface area contributed by atoms with Crippen LogP contribution in [0.1, 0.15) is 35.5 Å². The number of furan rings is 1. The first-order chi connectivity index (χ1) is 18.6. The maximum atomic E-state index is 13.7. The second-order valence-electron chi connectivity index (χ2n) is 9.86. The van der Waals surface area contributed by atoms with Gasteiger partial charge in [0.1, 0.15) is 11.5 Å². The fourth-order valence-corrected chi connectivity index (χ4v) is 4.71. The minimum atomic E-state index is -0.0812. The molecule has 2 heterocycles. The standard InChI is InChI=1S/C31H39N3O4/c1-26-13-15-29(38-26)24-34(23-28-11-6-3-7-12-28)31(36)25-33(18-8-17-32-19-21-37-22-20-32)30(35)16-14-27-9-4-2-5-10-27/h2-7,9-13,15H,8,14,16-25H2,1H3. The van der Waals surface area contributed by atoms with Crippen LogP contribution in [0, 0.1) is 6.92 Å². The zero-order chi connectivity index (χ0) is 26.6. The van der Waals surface area contributed by atoms with Gasteiger partial charge in [-0.1, -0.05) is 60.7 Å². The van der Waals surface area contributed by atoms with Crippen molar-refractivity contribution in [2.75, 3.05) is 45.9 Å². The molecule has 0 spiro atoms. The summed E-state index contributed by atoms with van der Waals surface area (Å²) >= 11 is 0. The molecule has 7 heteroatoms. The van der Waals surface area contributed by atoms with Crippen LogP contribution in [0.5, 0.6) is 0 Å². The molecule has 3 aromatic rings. The third-order valence-corrected chi connectivity index (χ3v) is 6.87. The van der Waals surface area contributed by atoms with Gasteiger partial charge in [0.2, 0.25) is 11.8 Å². The van der Waals surface area contributed by atoms with Gasteiger partial charge in [-0.3, -0.25) is 14.5 Å². The van der Waals surface area contributed by atoms with Crippen LogP contribution in [-0.4, -0.2) is 72.5 Å². The zero-order valence-corrected chi connectivity index (χ0v) is 22.4. The van der Waals surface area contributed by atoms with Crippen LogP contribution in [0.2, 0.25) is 0 Å². The highest BCUT2D eigenvalue weighted by Gasteiger charge is 2.23. The maximum Gasteiger partial charge on any atom is 0.242 e. The molecule has 1 aliphatic heterocycles. The number of amides is 2. The highest BCUT2D eigenvalue weighted by Crippen LogP contribution is 2.15. The Hall–Kier alpha value is -3.42. The summed E-state index contributed by atoms with van der Waals surface area (Å²) in [5.74, 6) is 1.48. The van der Waals surface area contributed by atoms with E-state index >= 15 is 0 Å². The highest BCUT2D eigenvalue weighted by atomic mass is 16.5. The first-order valence-corrected chi connectivity index (χ1v) is 13.6. The molecule has 0 saturated carbocycles. The number of rotatable bonds is 13. The fraction of sp³-hybridized carbons (Fsp3) is 0.419. The lowest BCUT2D eigenvalue weighted by Crippen LogP contribution is -2.44. The van der Waals surface area contributed by atoms with Crippen molar-refractivity contribution in [2.24, 2.45) is 0 Å². The molecule has 0 atom stereocenters. The molecule has 0 aliphatic carbocycles. The van der Waals surface area contributed by atoms with Gasteiger partial charge in [0.15, 0.2) is 0 Å². The summed E-state index contributed by atoms with van der Waals surface area (Å²) in [6, 6.07) is 23.8. The van der Waals surface area contributed by atoms with E-state index in [2.05, 4.69) is 4.90 Å². The predicted octanol–water partition coefficient (Wildman–Crippen LogP) is 4.30. The first kappa shape index (κ1) is 27.6. The van der Waals surface area contributed by atoms with Crippen LogP contribution in [0.3, 0.4) is 0 Å². The summed E-state index contributed by atoms with van der Waals surface area (Å²) in [6.45, 7) is 7.54. The number of ether oxygens (including phenoxy) is 1. The molecule has 0 N–H and O–H groups in total. The molecular formula is C31H39N3O4. The number of carbonyl (C=O) groups is 2. The SMILES string of the molecule is Cc1ccc(CN(Cc2ccccc2)C(=O)CN(CCCN2CCOCC2)C(=O)CCc2ccccc2)o1. The predicted molar refractivity (Wildman–Crippen MR) is 147 cm³/mol. The number of hydrogen-bond donors (Lipinski definition) is 0. The smallest absolute Gasteiger partial charge is 0.242 e. The molecule has 0 radical (unpaired) electrons. The third kappa shape index (κ3) is 8.85. The van der Waals surface area contributed by atoms with Crippen molar-refractivity contribution in [2.45, 2.75) is 39.3 Å². The molecule has 0 bridgehead atoms. The number of aryl methyl sites for hydroxylation is 2. The van der Waals surface area contributed by atoms with E-state index in [1.807, 2.05) is 79.7 Å². The van der Waals surface area contributed by atoms with E-state index in [0.717, 1.165) is 61.9 Å². The number of benzene rings is 2. The van der Waals surface area contributed by atoms with Crippen molar-refractivity contribution in [1.82, 2.24) is 14.7 Å². The lowest BCUT2D eigenvalue weighted by molar-refractivity contribution is -0.141. The van der Waals surface area contributed by atoms with Gasteiger partial charge < -0.3 is 19.0 Å². The molecule has 0 unspecified atom stereocenters. The lowest BCUT2D eigenvalue weighted by Gasteiger charge is -2.30. The summed E-state index contributed by atoms with van der Waals surface area (Å²) in [4.78, 5) is 32.9. The molecule has 7 nitrogen and oxygen atoms in total. The van der Waals surface area contributed by atoms with E-state index in [9.17, 15) is 9.59 Å². The second-order valence-corrected chi connectivity index (χ2v) is 9.86. The van der Waals surface area contributed by atoms with Gasteiger partial charge in [0, 0.05) is 39.1 Å². The Balaban J connectivity index is 1.43. The highest BCUT2D eigenvalue weighted by molar-refractivity contribution is 5.85. The van der Waals surface area contributed by atoms with E-state index in [0.29, 0.717) is 32.5 Å². The Morgan fingerprint density at radius 1 is 0.816 bits per heavy atom. The molecular weight excluding hydrogens is 478 g/mol. The lowest BCUT2D eigenvalue weighted by atomic mass is 10.1. The molecule has 1 aromatic heterocycles. The van der Waals surface area contributed by atoms with Crippen LogP contribution in [0.4, 0.5) is 0 Å². The number of hydrogen-bond acceptors (Lipinski definition) is 5. The largest absolute Gasteiger partial charge is 0.464 e. The summed E-state index contributed by atoms with van der Waals surface area (Å²) < 4.78 is 11.2. The van der Waals surface area contributed by atoms with Crippen LogP contribution >= 0.6 is 0 Å². The van der Waals surface area contributed by atoms with Crippen molar-refractivity contribution >= 4 is 11.8 Å². The number of morpholine rings is 1. The molecule has 38 heavy (non-hydrogen) atoms. The van der Waals surface area contributed by atoms with Crippen LogP contribution in [0.15, 0.2) is 77.2 Å². The van der Waals surface area contributed by atoms with E-state index in [4.69, 9.17) is 9.15 Å². The van der Waals surface area contributed by atoms with Crippen molar-refractivity contribution in [3.8, 4) is 0 Å². The quantitative estimate of drug-likeness (QED) is 0.338. The average Bonchev–Trinajstić information content (AvgIpc) is 3.36. The van der Waals surface area contributed by atoms with E-state index < -0.39 is 0 Å². The van der Waals surface area contributed by atoms with Gasteiger partial charge in [0.25, 0.3) is 0 Å². The molecule has 4 rings (SSSR count). The van der Waals surface area contributed by atoms with Gasteiger partial charge in [-0.25, -0.2) is 0 Å². The molecule has 1 saturated heterocycles. The van der Waals surface area contributed by atoms with Crippen LogP contribution in [-0.2, 0) is 33.8 Å². The Bertz CT molecular complexity index is 1130. The Labute approximate surface area is 226 Å². The van der Waals surface area contributed by atoms with Gasteiger partial charge in [-0.05, 0) is 43.0 Å². The number of carbonyl (C=O) groups excluding carboxylic acids is 2. The van der Waals surface area contributed by atoms with Crippen LogP contribution in [0.25, 0.3) is 0 Å². The van der Waals surface area contributed by atoms with Crippen molar-refractivity contribution in [3.05, 3.63) is 95.4 Å². The Morgan fingerprint density at radius 3 is 2.16 bits per heavy atom. The van der Waals surface area contributed by atoms with E-state index in [1.54, 1.807) is 9.80 Å². The van der Waals surface area contributed by atoms with Gasteiger partial charge in [0.05, 0.1) is 26.3 Å². The Morgan fingerprint density at radius 2 is 1.50 bits per heavy atom. The summed E-state index contributed by atoms with van der Waals surface area (Å²) in [6.07, 6.45) is 1.86. The van der Waals surface area contributed by atoms with Gasteiger partial charge in [-0.15, -0.1) is 0 Å². The summed E-state index contributed by atoms with van der Waals surface area (Å²) in [7, 11) is 0. The number of nitrogens with zero attached hydrogens (tertiary/aromatic N) is 3. The third-order valence-electron chi connectivity index (χ3n) is 6.87. The topological polar surface area (TPSA) is 66.2 Å². The monoisotopic (exact) mass is 517 g/mol. The molecule has 2 aromatic carbocycles. The van der Waals surface area contributed by atoms with E-state index in [1.165, 1.54) is 0 Å². The van der Waals surface area contributed by atoms with Gasteiger partial charge in [-0.2, -0.15) is 0 Å². The molecule has 1 fully saturated rings. The summed E-state index contributed by atoms with van der Waals surface area (Å²) in [5, 5.41) is 0. The van der Waals surface area contributed by atoms with E-state index in [-0.39, 0.29) is 18.4 Å². The average molecular weight is 518 g/mol. The minimum absolute atomic E-state index is 0.0117. The second kappa shape index (κ2) is 14.5.